The van der Waals surface area contributed by atoms with E-state index >= 15 is 0 Å². The third-order valence-electron chi connectivity index (χ3n) is 7.38. The van der Waals surface area contributed by atoms with Gasteiger partial charge in [-0.3, -0.25) is 9.59 Å². The van der Waals surface area contributed by atoms with Gasteiger partial charge in [-0.05, 0) is 46.4 Å². The fourth-order valence-corrected chi connectivity index (χ4v) is 6.00. The fourth-order valence-electron chi connectivity index (χ4n) is 6.00. The van der Waals surface area contributed by atoms with Crippen molar-refractivity contribution >= 4 is 23.2 Å². The van der Waals surface area contributed by atoms with E-state index < -0.39 is 17.1 Å². The summed E-state index contributed by atoms with van der Waals surface area (Å²) >= 11 is 0. The van der Waals surface area contributed by atoms with Crippen LogP contribution in [-0.2, 0) is 16.0 Å². The van der Waals surface area contributed by atoms with E-state index in [0.717, 1.165) is 23.1 Å². The van der Waals surface area contributed by atoms with Crippen LogP contribution in [0.2, 0.25) is 0 Å². The number of carbonyl (C=O) groups is 2. The van der Waals surface area contributed by atoms with Crippen molar-refractivity contribution in [3.05, 3.63) is 99.8 Å². The predicted molar refractivity (Wildman–Crippen MR) is 118 cm³/mol. The van der Waals surface area contributed by atoms with Crippen LogP contribution >= 0.6 is 0 Å². The number of hydrogen-bond acceptors (Lipinski definition) is 4. The van der Waals surface area contributed by atoms with Crippen LogP contribution in [0.5, 0.6) is 0 Å². The molecule has 2 amide bonds. The number of nitrogens with one attached hydrogen (secondary N) is 1. The Morgan fingerprint density at radius 1 is 0.844 bits per heavy atom. The van der Waals surface area contributed by atoms with Crippen molar-refractivity contribution in [1.29, 1.82) is 0 Å². The fraction of sp³-hybridized carbons (Fsp3) is 0.231. The topological polar surface area (TPSA) is 85.1 Å². The maximum Gasteiger partial charge on any atom is 0.238 e. The quantitative estimate of drug-likeness (QED) is 0.498. The lowest BCUT2D eigenvalue weighted by atomic mass is 9.55. The van der Waals surface area contributed by atoms with Crippen LogP contribution in [0.3, 0.4) is 0 Å². The minimum Gasteiger partial charge on any atom is -0.595 e. The third-order valence-corrected chi connectivity index (χ3v) is 7.38. The third kappa shape index (κ3) is 2.45. The zero-order chi connectivity index (χ0) is 22.1. The number of anilines is 1. The van der Waals surface area contributed by atoms with E-state index in [1.54, 1.807) is 12.1 Å². The second-order valence-electron chi connectivity index (χ2n) is 8.82. The van der Waals surface area contributed by atoms with Gasteiger partial charge in [0.05, 0.1) is 17.5 Å². The Kier molecular flexibility index (Phi) is 4.14. The summed E-state index contributed by atoms with van der Waals surface area (Å²) in [7, 11) is 0. The van der Waals surface area contributed by atoms with Crippen molar-refractivity contribution in [3.63, 3.8) is 0 Å². The molecule has 2 N–H and O–H groups in total. The molecule has 6 nitrogen and oxygen atoms in total. The van der Waals surface area contributed by atoms with Crippen LogP contribution in [0.4, 0.5) is 11.4 Å². The standard InChI is InChI=1S/C26H22N2O4/c1-2-14-7-12-19-20(13-14)22-18-6-4-3-5-17(18)21(19)23-24(22)26(30)27(25(23)29)15-8-10-16(11-9-15)28(31)32/h3-13,21-24,28,31H,2H2,1H3. The van der Waals surface area contributed by atoms with Crippen molar-refractivity contribution in [2.75, 3.05) is 4.90 Å². The van der Waals surface area contributed by atoms with E-state index in [1.807, 2.05) is 12.1 Å². The van der Waals surface area contributed by atoms with Crippen molar-refractivity contribution in [1.82, 2.24) is 0 Å². The zero-order valence-corrected chi connectivity index (χ0v) is 17.5. The number of rotatable bonds is 3. The molecular formula is C26H22N2O4. The van der Waals surface area contributed by atoms with Gasteiger partial charge in [0.1, 0.15) is 0 Å². The van der Waals surface area contributed by atoms with Crippen LogP contribution in [0.1, 0.15) is 46.6 Å². The van der Waals surface area contributed by atoms with Gasteiger partial charge < -0.3 is 5.21 Å². The molecule has 5 atom stereocenters. The van der Waals surface area contributed by atoms with E-state index in [1.165, 1.54) is 28.2 Å². The normalized spacial score (nSPS) is 26.0. The van der Waals surface area contributed by atoms with Crippen LogP contribution in [0, 0.1) is 17.0 Å². The zero-order valence-electron chi connectivity index (χ0n) is 17.5. The van der Waals surface area contributed by atoms with Gasteiger partial charge in [0, 0.05) is 24.0 Å². The molecular weight excluding hydrogens is 404 g/mol. The van der Waals surface area contributed by atoms with Gasteiger partial charge in [-0.1, -0.05) is 49.4 Å². The van der Waals surface area contributed by atoms with Crippen LogP contribution in [0.15, 0.2) is 66.7 Å². The van der Waals surface area contributed by atoms with Gasteiger partial charge in [0.15, 0.2) is 5.69 Å². The van der Waals surface area contributed by atoms with Gasteiger partial charge in [-0.2, -0.15) is 5.23 Å². The summed E-state index contributed by atoms with van der Waals surface area (Å²) in [6.45, 7) is 2.12. The highest BCUT2D eigenvalue weighted by molar-refractivity contribution is 6.23. The van der Waals surface area contributed by atoms with Crippen molar-refractivity contribution in [2.45, 2.75) is 25.2 Å². The lowest BCUT2D eigenvalue weighted by Crippen LogP contribution is -2.99. The summed E-state index contributed by atoms with van der Waals surface area (Å²) in [5.74, 6) is -1.58. The first-order valence-corrected chi connectivity index (χ1v) is 10.9. The Morgan fingerprint density at radius 2 is 1.41 bits per heavy atom. The van der Waals surface area contributed by atoms with E-state index in [9.17, 15) is 20.0 Å². The highest BCUT2D eigenvalue weighted by Crippen LogP contribution is 2.61. The predicted octanol–water partition coefficient (Wildman–Crippen LogP) is 3.05. The van der Waals surface area contributed by atoms with E-state index in [4.69, 9.17) is 0 Å². The van der Waals surface area contributed by atoms with Crippen LogP contribution in [0.25, 0.3) is 0 Å². The van der Waals surface area contributed by atoms with E-state index in [-0.39, 0.29) is 29.3 Å². The Hall–Kier alpha value is -3.32. The summed E-state index contributed by atoms with van der Waals surface area (Å²) in [6, 6.07) is 20.6. The number of nitrogens with zero attached hydrogens (tertiary/aromatic N) is 1. The number of amides is 2. The average molecular weight is 426 g/mol. The van der Waals surface area contributed by atoms with E-state index in [2.05, 4.69) is 37.3 Å². The minimum absolute atomic E-state index is 0.122. The highest BCUT2D eigenvalue weighted by Gasteiger charge is 2.61. The number of carbonyl (C=O) groups excluding carboxylic acids is 2. The van der Waals surface area contributed by atoms with Crippen molar-refractivity contribution in [2.24, 2.45) is 11.8 Å². The highest BCUT2D eigenvalue weighted by atomic mass is 16.8. The molecule has 1 aliphatic heterocycles. The monoisotopic (exact) mass is 426 g/mol. The molecule has 160 valence electrons. The molecule has 0 spiro atoms. The number of benzene rings is 3. The molecule has 6 heteroatoms. The van der Waals surface area contributed by atoms with Crippen molar-refractivity contribution < 1.29 is 20.0 Å². The number of quaternary nitrogens is 1. The lowest BCUT2D eigenvalue weighted by Gasteiger charge is -2.46. The Balaban J connectivity index is 1.51. The molecule has 5 unspecified atom stereocenters. The number of imide groups is 1. The molecule has 1 heterocycles. The Bertz CT molecular complexity index is 1270. The van der Waals surface area contributed by atoms with Crippen LogP contribution in [-0.4, -0.2) is 17.0 Å². The molecule has 1 fully saturated rings. The second kappa shape index (κ2) is 6.84. The summed E-state index contributed by atoms with van der Waals surface area (Å²) < 4.78 is 0. The first-order chi connectivity index (χ1) is 15.5. The molecule has 0 aromatic heterocycles. The van der Waals surface area contributed by atoms with Gasteiger partial charge >= 0.3 is 0 Å². The summed E-state index contributed by atoms with van der Waals surface area (Å²) in [4.78, 5) is 28.7. The maximum absolute atomic E-state index is 13.7. The van der Waals surface area contributed by atoms with Gasteiger partial charge in [-0.25, -0.2) is 10.1 Å². The number of hydrogen-bond donors (Lipinski definition) is 2. The summed E-state index contributed by atoms with van der Waals surface area (Å²) in [6.07, 6.45) is 0.912. The lowest BCUT2D eigenvalue weighted by molar-refractivity contribution is -0.991. The first kappa shape index (κ1) is 19.4. The molecule has 32 heavy (non-hydrogen) atoms. The molecule has 4 aliphatic rings. The minimum atomic E-state index is -1.04. The molecule has 3 aromatic rings. The second-order valence-corrected chi connectivity index (χ2v) is 8.82. The molecule has 3 aliphatic carbocycles. The maximum atomic E-state index is 13.7. The average Bonchev–Trinajstić information content (AvgIpc) is 3.09. The van der Waals surface area contributed by atoms with E-state index in [0.29, 0.717) is 5.69 Å². The molecule has 1 saturated heterocycles. The molecule has 3 aromatic carbocycles. The number of aryl methyl sites for hydroxylation is 1. The Labute approximate surface area is 185 Å². The first-order valence-electron chi connectivity index (χ1n) is 10.9. The smallest absolute Gasteiger partial charge is 0.238 e. The van der Waals surface area contributed by atoms with Gasteiger partial charge in [0.2, 0.25) is 11.8 Å². The largest absolute Gasteiger partial charge is 0.595 e. The Morgan fingerprint density at radius 3 is 1.97 bits per heavy atom. The summed E-state index contributed by atoms with van der Waals surface area (Å²) in [5, 5.41) is 19.4. The van der Waals surface area contributed by atoms with Crippen LogP contribution < -0.4 is 10.1 Å². The van der Waals surface area contributed by atoms with Gasteiger partial charge in [-0.15, -0.1) is 0 Å². The SMILES string of the molecule is CCc1ccc2c(c1)C1c3ccccc3C2C2C(=O)N(c3ccc([NH+]([O-])O)cc3)C(=O)C12. The van der Waals surface area contributed by atoms with Gasteiger partial charge in [0.25, 0.3) is 0 Å². The van der Waals surface area contributed by atoms with Crippen molar-refractivity contribution in [3.8, 4) is 0 Å². The molecule has 0 saturated carbocycles. The molecule has 0 radical (unpaired) electrons. The summed E-state index contributed by atoms with van der Waals surface area (Å²) in [5.41, 5.74) is 6.37. The molecule has 2 bridgehead atoms. The molecule has 7 rings (SSSR count).